The Kier molecular flexibility index (Phi) is 5.56. The summed E-state index contributed by atoms with van der Waals surface area (Å²) in [7, 11) is 0. The zero-order valence-corrected chi connectivity index (χ0v) is 17.3. The molecule has 5 rings (SSSR count). The van der Waals surface area contributed by atoms with Crippen molar-refractivity contribution in [2.75, 3.05) is 13.2 Å². The summed E-state index contributed by atoms with van der Waals surface area (Å²) in [6, 6.07) is 4.97. The van der Waals surface area contributed by atoms with Crippen molar-refractivity contribution in [3.05, 3.63) is 65.7 Å². The number of hydrogen-bond donors (Lipinski definition) is 3. The summed E-state index contributed by atoms with van der Waals surface area (Å²) >= 11 is 0. The monoisotopic (exact) mass is 454 g/mol. The molecule has 33 heavy (non-hydrogen) atoms. The normalized spacial score (nSPS) is 18.5. The molecule has 3 N–H and O–H groups in total. The van der Waals surface area contributed by atoms with Gasteiger partial charge in [-0.15, -0.1) is 0 Å². The van der Waals surface area contributed by atoms with E-state index in [0.29, 0.717) is 24.3 Å². The number of benzene rings is 1. The molecule has 4 heterocycles. The molecule has 0 unspecified atom stereocenters. The van der Waals surface area contributed by atoms with E-state index < -0.39 is 29.7 Å². The lowest BCUT2D eigenvalue weighted by molar-refractivity contribution is -0.0261. The quantitative estimate of drug-likeness (QED) is 0.425. The molecule has 2 atom stereocenters. The lowest BCUT2D eigenvalue weighted by atomic mass is 10.1. The van der Waals surface area contributed by atoms with E-state index in [0.717, 1.165) is 17.7 Å². The predicted octanol–water partition coefficient (Wildman–Crippen LogP) is 2.03. The Bertz CT molecular complexity index is 1290. The second-order valence-electron chi connectivity index (χ2n) is 7.81. The van der Waals surface area contributed by atoms with Crippen molar-refractivity contribution in [3.63, 3.8) is 0 Å². The number of amides is 1. The lowest BCUT2D eigenvalue weighted by Gasteiger charge is -2.28. The van der Waals surface area contributed by atoms with Crippen molar-refractivity contribution in [1.82, 2.24) is 30.3 Å². The smallest absolute Gasteiger partial charge is 0.272 e. The van der Waals surface area contributed by atoms with Gasteiger partial charge in [0.2, 0.25) is 0 Å². The summed E-state index contributed by atoms with van der Waals surface area (Å²) in [5.41, 5.74) is 1.83. The van der Waals surface area contributed by atoms with E-state index in [9.17, 15) is 18.7 Å². The van der Waals surface area contributed by atoms with E-state index in [1.807, 2.05) is 0 Å². The molecule has 1 amide bonds. The Morgan fingerprint density at radius 3 is 2.82 bits per heavy atom. The number of carbonyl (C=O) groups is 1. The highest BCUT2D eigenvalue weighted by molar-refractivity contribution is 6.05. The molecule has 4 aromatic rings. The molecule has 1 aliphatic heterocycles. The van der Waals surface area contributed by atoms with Gasteiger partial charge in [0.05, 0.1) is 42.6 Å². The molecule has 1 aromatic carbocycles. The van der Waals surface area contributed by atoms with Crippen molar-refractivity contribution in [3.8, 4) is 11.3 Å². The largest absolute Gasteiger partial charge is 0.389 e. The van der Waals surface area contributed by atoms with E-state index in [1.165, 1.54) is 4.68 Å². The Morgan fingerprint density at radius 1 is 1.24 bits per heavy atom. The SMILES string of the molecule is O=C(N[C@H]1CCOC[C@@H]1O)c1nn(Cc2ccc(-c3cn[nH]c3)nc2)c2c(F)ccc(F)c12. The molecule has 1 aliphatic rings. The number of H-pyrrole nitrogens is 1. The number of pyridine rings is 1. The number of hydrogen-bond acceptors (Lipinski definition) is 6. The third kappa shape index (κ3) is 4.08. The van der Waals surface area contributed by atoms with Crippen molar-refractivity contribution in [2.24, 2.45) is 0 Å². The summed E-state index contributed by atoms with van der Waals surface area (Å²) in [5, 5.41) is 23.4. The summed E-state index contributed by atoms with van der Waals surface area (Å²) in [6.45, 7) is 0.537. The standard InChI is InChI=1S/C22H20F2N6O3/c23-14-2-3-15(24)21-19(14)20(22(32)28-17-5-6-33-11-18(17)31)29-30(21)10-12-1-4-16(25-7-12)13-8-26-27-9-13/h1-4,7-9,17-18,31H,5-6,10-11H2,(H,26,27)(H,28,32)/t17-,18-/m0/s1. The van der Waals surface area contributed by atoms with Crippen LogP contribution in [0.1, 0.15) is 22.5 Å². The Morgan fingerprint density at radius 2 is 2.09 bits per heavy atom. The first-order valence-electron chi connectivity index (χ1n) is 10.4. The number of aliphatic hydroxyl groups excluding tert-OH is 1. The maximum atomic E-state index is 14.7. The first-order valence-corrected chi connectivity index (χ1v) is 10.4. The second-order valence-corrected chi connectivity index (χ2v) is 7.81. The van der Waals surface area contributed by atoms with Crippen LogP contribution in [0.15, 0.2) is 42.9 Å². The molecule has 0 radical (unpaired) electrons. The van der Waals surface area contributed by atoms with Crippen LogP contribution in [0.3, 0.4) is 0 Å². The van der Waals surface area contributed by atoms with Crippen LogP contribution in [-0.2, 0) is 11.3 Å². The Labute approximate surface area is 186 Å². The molecule has 170 valence electrons. The predicted molar refractivity (Wildman–Crippen MR) is 113 cm³/mol. The number of rotatable bonds is 5. The number of nitrogens with one attached hydrogen (secondary N) is 2. The minimum absolute atomic E-state index is 0.0721. The van der Waals surface area contributed by atoms with Gasteiger partial charge in [-0.2, -0.15) is 10.2 Å². The molecule has 1 fully saturated rings. The van der Waals surface area contributed by atoms with Crippen LogP contribution >= 0.6 is 0 Å². The number of ether oxygens (including phenoxy) is 1. The molecule has 1 saturated heterocycles. The average Bonchev–Trinajstić information content (AvgIpc) is 3.48. The van der Waals surface area contributed by atoms with Gasteiger partial charge in [0, 0.05) is 24.6 Å². The van der Waals surface area contributed by atoms with Gasteiger partial charge in [-0.05, 0) is 30.2 Å². The number of fused-ring (bicyclic) bond motifs is 1. The zero-order chi connectivity index (χ0) is 22.9. The third-order valence-electron chi connectivity index (χ3n) is 5.60. The Balaban J connectivity index is 1.48. The fourth-order valence-corrected chi connectivity index (χ4v) is 3.89. The molecule has 9 nitrogen and oxygen atoms in total. The first kappa shape index (κ1) is 21.2. The van der Waals surface area contributed by atoms with Crippen molar-refractivity contribution >= 4 is 16.8 Å². The van der Waals surface area contributed by atoms with Gasteiger partial charge in [-0.1, -0.05) is 6.07 Å². The van der Waals surface area contributed by atoms with Crippen LogP contribution in [0.5, 0.6) is 0 Å². The summed E-state index contributed by atoms with van der Waals surface area (Å²) in [6.07, 6.45) is 4.46. The molecule has 0 spiro atoms. The van der Waals surface area contributed by atoms with E-state index in [1.54, 1.807) is 30.7 Å². The van der Waals surface area contributed by atoms with Crippen molar-refractivity contribution in [2.45, 2.75) is 25.1 Å². The van der Waals surface area contributed by atoms with Crippen LogP contribution in [0, 0.1) is 11.6 Å². The summed E-state index contributed by atoms with van der Waals surface area (Å²) in [5.74, 6) is -2.15. The Hall–Kier alpha value is -3.70. The van der Waals surface area contributed by atoms with Gasteiger partial charge >= 0.3 is 0 Å². The number of aromatic amines is 1. The van der Waals surface area contributed by atoms with Crippen LogP contribution in [0.25, 0.3) is 22.2 Å². The van der Waals surface area contributed by atoms with Crippen molar-refractivity contribution in [1.29, 1.82) is 0 Å². The summed E-state index contributed by atoms with van der Waals surface area (Å²) in [4.78, 5) is 17.3. The van der Waals surface area contributed by atoms with Crippen LogP contribution in [0.2, 0.25) is 0 Å². The van der Waals surface area contributed by atoms with Gasteiger partial charge in [0.1, 0.15) is 17.2 Å². The number of aliphatic hydroxyl groups is 1. The highest BCUT2D eigenvalue weighted by Crippen LogP contribution is 2.26. The first-order chi connectivity index (χ1) is 16.0. The van der Waals surface area contributed by atoms with Gasteiger partial charge in [0.15, 0.2) is 5.69 Å². The second kappa shape index (κ2) is 8.68. The lowest BCUT2D eigenvalue weighted by Crippen LogP contribution is -2.48. The number of aromatic nitrogens is 5. The number of halogens is 2. The average molecular weight is 454 g/mol. The zero-order valence-electron chi connectivity index (χ0n) is 17.3. The molecular weight excluding hydrogens is 434 g/mol. The maximum absolute atomic E-state index is 14.7. The number of carbonyl (C=O) groups excluding carboxylic acids is 1. The maximum Gasteiger partial charge on any atom is 0.272 e. The molecule has 0 saturated carbocycles. The van der Waals surface area contributed by atoms with Gasteiger partial charge in [-0.3, -0.25) is 19.6 Å². The molecule has 3 aromatic heterocycles. The number of nitrogens with zero attached hydrogens (tertiary/aromatic N) is 4. The van der Waals surface area contributed by atoms with Crippen LogP contribution in [-0.4, -0.2) is 61.3 Å². The minimum Gasteiger partial charge on any atom is -0.389 e. The van der Waals surface area contributed by atoms with Gasteiger partial charge in [0.25, 0.3) is 5.91 Å². The van der Waals surface area contributed by atoms with Gasteiger partial charge < -0.3 is 15.2 Å². The highest BCUT2D eigenvalue weighted by atomic mass is 19.1. The fraction of sp³-hybridized carbons (Fsp3) is 0.273. The van der Waals surface area contributed by atoms with E-state index in [-0.39, 0.29) is 29.7 Å². The molecule has 11 heteroatoms. The van der Waals surface area contributed by atoms with E-state index >= 15 is 0 Å². The topological polar surface area (TPSA) is 118 Å². The highest BCUT2D eigenvalue weighted by Gasteiger charge is 2.29. The van der Waals surface area contributed by atoms with Crippen LogP contribution < -0.4 is 5.32 Å². The third-order valence-corrected chi connectivity index (χ3v) is 5.60. The summed E-state index contributed by atoms with van der Waals surface area (Å²) < 4.78 is 35.9. The van der Waals surface area contributed by atoms with Gasteiger partial charge in [-0.25, -0.2) is 8.78 Å². The van der Waals surface area contributed by atoms with E-state index in [4.69, 9.17) is 4.74 Å². The van der Waals surface area contributed by atoms with Crippen LogP contribution in [0.4, 0.5) is 8.78 Å². The molecular formula is C22H20F2N6O3. The minimum atomic E-state index is -0.891. The molecule has 0 bridgehead atoms. The fourth-order valence-electron chi connectivity index (χ4n) is 3.89. The van der Waals surface area contributed by atoms with E-state index in [2.05, 4.69) is 25.6 Å². The molecule has 0 aliphatic carbocycles. The van der Waals surface area contributed by atoms with Crippen molar-refractivity contribution < 1.29 is 23.4 Å².